The van der Waals surface area contributed by atoms with E-state index in [-0.39, 0.29) is 18.4 Å². The fourth-order valence-corrected chi connectivity index (χ4v) is 2.37. The second-order valence-corrected chi connectivity index (χ2v) is 5.96. The topological polar surface area (TPSA) is 88.7 Å². The predicted octanol–water partition coefficient (Wildman–Crippen LogP) is 3.50. The van der Waals surface area contributed by atoms with Gasteiger partial charge >= 0.3 is 0 Å². The van der Waals surface area contributed by atoms with E-state index in [4.69, 9.17) is 9.47 Å². The van der Waals surface area contributed by atoms with Crippen LogP contribution in [0.5, 0.6) is 5.75 Å². The van der Waals surface area contributed by atoms with E-state index in [1.807, 2.05) is 31.2 Å². The molecule has 2 rings (SSSR count). The first-order valence-corrected chi connectivity index (χ1v) is 9.35. The van der Waals surface area contributed by atoms with E-state index in [1.54, 1.807) is 31.2 Å². The highest BCUT2D eigenvalue weighted by molar-refractivity contribution is 5.95. The van der Waals surface area contributed by atoms with Gasteiger partial charge in [0.1, 0.15) is 12.4 Å². The second kappa shape index (κ2) is 11.6. The minimum atomic E-state index is -0.193. The van der Waals surface area contributed by atoms with Crippen molar-refractivity contribution in [3.8, 4) is 5.75 Å². The highest BCUT2D eigenvalue weighted by Crippen LogP contribution is 2.18. The Bertz CT molecular complexity index is 780. The molecule has 0 spiro atoms. The standard InChI is InChI=1S/C21H27N3O4/c1-3-20(25)23-17-8-5-9-18(13-17)24-21(26)15-22-16-7-6-10-19(14-16)28-12-11-27-4-2/h5-10,13-14,22H,3-4,11-12,15H2,1-2H3,(H,23,25)(H,24,26). The van der Waals surface area contributed by atoms with Gasteiger partial charge in [0.05, 0.1) is 13.2 Å². The molecule has 0 unspecified atom stereocenters. The summed E-state index contributed by atoms with van der Waals surface area (Å²) in [5.41, 5.74) is 2.05. The highest BCUT2D eigenvalue weighted by atomic mass is 16.5. The van der Waals surface area contributed by atoms with E-state index in [0.29, 0.717) is 43.4 Å². The van der Waals surface area contributed by atoms with Crippen molar-refractivity contribution in [1.82, 2.24) is 0 Å². The maximum Gasteiger partial charge on any atom is 0.243 e. The summed E-state index contributed by atoms with van der Waals surface area (Å²) in [6.07, 6.45) is 0.398. The summed E-state index contributed by atoms with van der Waals surface area (Å²) < 4.78 is 10.8. The Morgan fingerprint density at radius 2 is 1.54 bits per heavy atom. The normalized spacial score (nSPS) is 10.2. The lowest BCUT2D eigenvalue weighted by Gasteiger charge is -2.11. The first kappa shape index (κ1) is 21.2. The number of benzene rings is 2. The summed E-state index contributed by atoms with van der Waals surface area (Å²) in [7, 11) is 0. The lowest BCUT2D eigenvalue weighted by atomic mass is 10.2. The molecular weight excluding hydrogens is 358 g/mol. The molecular formula is C21H27N3O4. The first-order valence-electron chi connectivity index (χ1n) is 9.35. The number of nitrogens with one attached hydrogen (secondary N) is 3. The third-order valence-corrected chi connectivity index (χ3v) is 3.74. The maximum absolute atomic E-state index is 12.2. The van der Waals surface area contributed by atoms with Crippen LogP contribution in [0.25, 0.3) is 0 Å². The Morgan fingerprint density at radius 3 is 2.25 bits per heavy atom. The van der Waals surface area contributed by atoms with Crippen LogP contribution < -0.4 is 20.7 Å². The zero-order valence-electron chi connectivity index (χ0n) is 16.3. The van der Waals surface area contributed by atoms with Gasteiger partial charge in [0.2, 0.25) is 11.8 Å². The molecule has 2 aromatic carbocycles. The van der Waals surface area contributed by atoms with Gasteiger partial charge < -0.3 is 25.4 Å². The Morgan fingerprint density at radius 1 is 0.857 bits per heavy atom. The molecule has 150 valence electrons. The molecule has 7 heteroatoms. The third kappa shape index (κ3) is 7.67. The van der Waals surface area contributed by atoms with Crippen molar-refractivity contribution in [2.75, 3.05) is 42.3 Å². The fourth-order valence-electron chi connectivity index (χ4n) is 2.37. The van der Waals surface area contributed by atoms with E-state index >= 15 is 0 Å². The van der Waals surface area contributed by atoms with Crippen LogP contribution in [0, 0.1) is 0 Å². The molecule has 0 aliphatic carbocycles. The summed E-state index contributed by atoms with van der Waals surface area (Å²) >= 11 is 0. The van der Waals surface area contributed by atoms with Crippen molar-refractivity contribution in [3.63, 3.8) is 0 Å². The molecule has 2 amide bonds. The third-order valence-electron chi connectivity index (χ3n) is 3.74. The molecule has 0 aromatic heterocycles. The van der Waals surface area contributed by atoms with Crippen molar-refractivity contribution < 1.29 is 19.1 Å². The minimum absolute atomic E-state index is 0.0755. The molecule has 28 heavy (non-hydrogen) atoms. The van der Waals surface area contributed by atoms with E-state index < -0.39 is 0 Å². The van der Waals surface area contributed by atoms with Crippen LogP contribution in [-0.2, 0) is 14.3 Å². The number of carbonyl (C=O) groups is 2. The molecule has 2 aromatic rings. The smallest absolute Gasteiger partial charge is 0.243 e. The summed E-state index contributed by atoms with van der Waals surface area (Å²) in [6, 6.07) is 14.5. The average molecular weight is 385 g/mol. The number of hydrogen-bond acceptors (Lipinski definition) is 5. The second-order valence-electron chi connectivity index (χ2n) is 5.96. The summed E-state index contributed by atoms with van der Waals surface area (Å²) in [4.78, 5) is 23.7. The van der Waals surface area contributed by atoms with Gasteiger partial charge in [-0.15, -0.1) is 0 Å². The highest BCUT2D eigenvalue weighted by Gasteiger charge is 2.05. The van der Waals surface area contributed by atoms with Gasteiger partial charge in [-0.2, -0.15) is 0 Å². The number of amides is 2. The molecule has 0 atom stereocenters. The van der Waals surface area contributed by atoms with E-state index in [2.05, 4.69) is 16.0 Å². The van der Waals surface area contributed by atoms with E-state index in [9.17, 15) is 9.59 Å². The minimum Gasteiger partial charge on any atom is -0.491 e. The van der Waals surface area contributed by atoms with Gasteiger partial charge in [0, 0.05) is 36.2 Å². The lowest BCUT2D eigenvalue weighted by molar-refractivity contribution is -0.116. The predicted molar refractivity (Wildman–Crippen MR) is 111 cm³/mol. The molecule has 0 radical (unpaired) electrons. The van der Waals surface area contributed by atoms with Crippen LogP contribution in [0.15, 0.2) is 48.5 Å². The zero-order valence-corrected chi connectivity index (χ0v) is 16.3. The molecule has 0 fully saturated rings. The SMILES string of the molecule is CCOCCOc1cccc(NCC(=O)Nc2cccc(NC(=O)CC)c2)c1. The zero-order chi connectivity index (χ0) is 20.2. The Kier molecular flexibility index (Phi) is 8.81. The Balaban J connectivity index is 1.82. The lowest BCUT2D eigenvalue weighted by Crippen LogP contribution is -2.21. The summed E-state index contributed by atoms with van der Waals surface area (Å²) in [5, 5.41) is 8.64. The van der Waals surface area contributed by atoms with Crippen LogP contribution in [0.3, 0.4) is 0 Å². The van der Waals surface area contributed by atoms with Crippen LogP contribution >= 0.6 is 0 Å². The van der Waals surface area contributed by atoms with Gasteiger partial charge in [0.25, 0.3) is 0 Å². The number of ether oxygens (including phenoxy) is 2. The molecule has 3 N–H and O–H groups in total. The maximum atomic E-state index is 12.2. The van der Waals surface area contributed by atoms with Crippen LogP contribution in [0.2, 0.25) is 0 Å². The van der Waals surface area contributed by atoms with Crippen molar-refractivity contribution >= 4 is 28.9 Å². The number of hydrogen-bond donors (Lipinski definition) is 3. The van der Waals surface area contributed by atoms with Gasteiger partial charge in [-0.3, -0.25) is 9.59 Å². The summed E-state index contributed by atoms with van der Waals surface area (Å²) in [6.45, 7) is 5.50. The van der Waals surface area contributed by atoms with Crippen LogP contribution in [-0.4, -0.2) is 38.2 Å². The number of carbonyl (C=O) groups excluding carboxylic acids is 2. The molecule has 0 aliphatic rings. The molecule has 0 saturated heterocycles. The van der Waals surface area contributed by atoms with Gasteiger partial charge in [-0.1, -0.05) is 19.1 Å². The average Bonchev–Trinajstić information content (AvgIpc) is 2.70. The number of rotatable bonds is 11. The van der Waals surface area contributed by atoms with Crippen LogP contribution in [0.1, 0.15) is 20.3 Å². The molecule has 0 bridgehead atoms. The first-order chi connectivity index (χ1) is 13.6. The van der Waals surface area contributed by atoms with Gasteiger partial charge in [-0.25, -0.2) is 0 Å². The van der Waals surface area contributed by atoms with E-state index in [1.165, 1.54) is 0 Å². The molecule has 0 saturated carbocycles. The Labute approximate surface area is 165 Å². The quantitative estimate of drug-likeness (QED) is 0.515. The fraction of sp³-hybridized carbons (Fsp3) is 0.333. The van der Waals surface area contributed by atoms with E-state index in [0.717, 1.165) is 5.69 Å². The monoisotopic (exact) mass is 385 g/mol. The van der Waals surface area contributed by atoms with Crippen molar-refractivity contribution in [2.24, 2.45) is 0 Å². The molecule has 0 heterocycles. The van der Waals surface area contributed by atoms with Gasteiger partial charge in [-0.05, 0) is 37.3 Å². The van der Waals surface area contributed by atoms with Crippen molar-refractivity contribution in [2.45, 2.75) is 20.3 Å². The van der Waals surface area contributed by atoms with Crippen molar-refractivity contribution in [1.29, 1.82) is 0 Å². The largest absolute Gasteiger partial charge is 0.491 e. The number of anilines is 3. The van der Waals surface area contributed by atoms with Crippen LogP contribution in [0.4, 0.5) is 17.1 Å². The molecule has 7 nitrogen and oxygen atoms in total. The van der Waals surface area contributed by atoms with Crippen molar-refractivity contribution in [3.05, 3.63) is 48.5 Å². The Hall–Kier alpha value is -3.06. The van der Waals surface area contributed by atoms with Gasteiger partial charge in [0.15, 0.2) is 0 Å². The molecule has 0 aliphatic heterocycles. The summed E-state index contributed by atoms with van der Waals surface area (Å²) in [5.74, 6) is 0.444.